The van der Waals surface area contributed by atoms with E-state index in [-0.39, 0.29) is 19.5 Å². The fourth-order valence-corrected chi connectivity index (χ4v) is 7.11. The van der Waals surface area contributed by atoms with Crippen LogP contribution in [0.25, 0.3) is 0 Å². The maximum Gasteiger partial charge on any atom is 0.321 e. The zero-order valence-corrected chi connectivity index (χ0v) is 32.9. The van der Waals surface area contributed by atoms with Crippen molar-refractivity contribution in [2.75, 3.05) is 13.1 Å². The highest BCUT2D eigenvalue weighted by molar-refractivity contribution is 5.73. The molecule has 0 fully saturated rings. The van der Waals surface area contributed by atoms with Gasteiger partial charge in [-0.15, -0.1) is 0 Å². The van der Waals surface area contributed by atoms with Gasteiger partial charge >= 0.3 is 5.97 Å². The van der Waals surface area contributed by atoms with Crippen molar-refractivity contribution in [2.45, 2.75) is 231 Å². The maximum absolute atomic E-state index is 12.7. The second-order valence-corrected chi connectivity index (χ2v) is 15.3. The van der Waals surface area contributed by atoms with Gasteiger partial charge in [0.05, 0.1) is 30.3 Å². The van der Waals surface area contributed by atoms with Crippen LogP contribution in [-0.4, -0.2) is 78.3 Å². The van der Waals surface area contributed by atoms with Crippen molar-refractivity contribution in [2.24, 2.45) is 0 Å². The molecule has 4 N–H and O–H groups in total. The zero-order valence-electron chi connectivity index (χ0n) is 32.9. The van der Waals surface area contributed by atoms with Crippen LogP contribution in [-0.2, 0) is 17.8 Å². The van der Waals surface area contributed by atoms with Crippen molar-refractivity contribution >= 4 is 5.97 Å². The van der Waals surface area contributed by atoms with Crippen LogP contribution in [0.15, 0.2) is 12.5 Å². The number of rotatable bonds is 37. The van der Waals surface area contributed by atoms with Crippen molar-refractivity contribution in [3.63, 3.8) is 0 Å². The molecule has 4 atom stereocenters. The number of aromatic nitrogens is 2. The molecule has 1 heterocycles. The molecule has 0 amide bonds. The number of unbranched alkanes of at least 4 members (excludes halogenated alkanes) is 21. The molecular weight excluding hydrogens is 626 g/mol. The van der Waals surface area contributed by atoms with Crippen molar-refractivity contribution in [1.82, 2.24) is 14.5 Å². The van der Waals surface area contributed by atoms with E-state index in [0.29, 0.717) is 25.1 Å². The lowest BCUT2D eigenvalue weighted by Crippen LogP contribution is -2.49. The monoisotopic (exact) mass is 708 g/mol. The van der Waals surface area contributed by atoms with Gasteiger partial charge in [-0.2, -0.15) is 0 Å². The third kappa shape index (κ3) is 25.5. The van der Waals surface area contributed by atoms with Gasteiger partial charge in [-0.25, -0.2) is 4.98 Å². The molecule has 0 aliphatic carbocycles. The van der Waals surface area contributed by atoms with Crippen molar-refractivity contribution in [1.29, 1.82) is 0 Å². The number of nitrogens with zero attached hydrogens (tertiary/aromatic N) is 3. The Morgan fingerprint density at radius 1 is 0.600 bits per heavy atom. The van der Waals surface area contributed by atoms with E-state index >= 15 is 0 Å². The predicted molar refractivity (Wildman–Crippen MR) is 209 cm³/mol. The number of hydrogen-bond donors (Lipinski definition) is 4. The molecular formula is C42H81N3O5. The highest BCUT2D eigenvalue weighted by Gasteiger charge is 2.30. The Bertz CT molecular complexity index is 868. The largest absolute Gasteiger partial charge is 0.480 e. The molecule has 0 aromatic carbocycles. The molecule has 50 heavy (non-hydrogen) atoms. The summed E-state index contributed by atoms with van der Waals surface area (Å²) >= 11 is 0. The van der Waals surface area contributed by atoms with Gasteiger partial charge in [0, 0.05) is 32.3 Å². The maximum atomic E-state index is 12.7. The SMILES string of the molecule is CCCCCCCCCCC(O)CN(CC(O)CCCCCCCCCC)C(Cc1cn(CC(O)CCCCCCCCCC)cn1)C(=O)O. The lowest BCUT2D eigenvalue weighted by Gasteiger charge is -2.32. The highest BCUT2D eigenvalue weighted by atomic mass is 16.4. The van der Waals surface area contributed by atoms with Gasteiger partial charge < -0.3 is 25.0 Å². The van der Waals surface area contributed by atoms with Crippen molar-refractivity contribution in [3.05, 3.63) is 18.2 Å². The second kappa shape index (κ2) is 32.2. The standard InChI is InChI=1S/C42H81N3O5/c1-4-7-10-13-16-19-22-25-28-38(46)33-44-32-37(43-36-44)31-41(42(49)50)45(34-39(47)29-26-23-20-17-14-11-8-5-2)35-40(48)30-27-24-21-18-15-12-9-6-3/h32,36,38-41,46-48H,4-31,33-35H2,1-3H3,(H,49,50). The Labute approximate surface area is 307 Å². The first-order valence-corrected chi connectivity index (χ1v) is 21.3. The topological polar surface area (TPSA) is 119 Å². The molecule has 1 aromatic heterocycles. The number of carboxylic acid groups (broad SMARTS) is 1. The summed E-state index contributed by atoms with van der Waals surface area (Å²) in [6.07, 6.45) is 32.9. The summed E-state index contributed by atoms with van der Waals surface area (Å²) in [4.78, 5) is 19.0. The molecule has 8 heteroatoms. The average molecular weight is 708 g/mol. The minimum atomic E-state index is -0.965. The molecule has 1 rings (SSSR count). The Hall–Kier alpha value is -1.48. The first kappa shape index (κ1) is 46.5. The molecule has 294 valence electrons. The van der Waals surface area contributed by atoms with E-state index in [9.17, 15) is 25.2 Å². The highest BCUT2D eigenvalue weighted by Crippen LogP contribution is 2.18. The van der Waals surface area contributed by atoms with E-state index in [1.54, 1.807) is 11.2 Å². The van der Waals surface area contributed by atoms with Gasteiger partial charge in [0.25, 0.3) is 0 Å². The van der Waals surface area contributed by atoms with Gasteiger partial charge in [-0.05, 0) is 19.3 Å². The van der Waals surface area contributed by atoms with E-state index < -0.39 is 30.3 Å². The van der Waals surface area contributed by atoms with Crippen LogP contribution in [0.5, 0.6) is 0 Å². The summed E-state index contributed by atoms with van der Waals surface area (Å²) in [5.41, 5.74) is 0.650. The average Bonchev–Trinajstić information content (AvgIpc) is 3.53. The third-order valence-electron chi connectivity index (χ3n) is 10.3. The number of carbonyl (C=O) groups is 1. The van der Waals surface area contributed by atoms with E-state index in [0.717, 1.165) is 44.9 Å². The van der Waals surface area contributed by atoms with E-state index in [4.69, 9.17) is 0 Å². The molecule has 4 unspecified atom stereocenters. The van der Waals surface area contributed by atoms with Gasteiger partial charge in [0.1, 0.15) is 6.04 Å². The molecule has 0 aliphatic rings. The summed E-state index contributed by atoms with van der Waals surface area (Å²) in [7, 11) is 0. The minimum Gasteiger partial charge on any atom is -0.480 e. The van der Waals surface area contributed by atoms with E-state index in [2.05, 4.69) is 25.8 Å². The van der Waals surface area contributed by atoms with Crippen LogP contribution in [0.1, 0.15) is 200 Å². The van der Waals surface area contributed by atoms with Crippen molar-refractivity contribution < 1.29 is 25.2 Å². The Balaban J connectivity index is 2.69. The van der Waals surface area contributed by atoms with Crippen LogP contribution >= 0.6 is 0 Å². The fraction of sp³-hybridized carbons (Fsp3) is 0.905. The lowest BCUT2D eigenvalue weighted by atomic mass is 10.0. The second-order valence-electron chi connectivity index (χ2n) is 15.3. The molecule has 0 aliphatic heterocycles. The number of aliphatic hydroxyl groups excluding tert-OH is 3. The number of imidazole rings is 1. The van der Waals surface area contributed by atoms with E-state index in [1.165, 1.54) is 116 Å². The summed E-state index contributed by atoms with van der Waals surface area (Å²) < 4.78 is 1.86. The molecule has 0 bridgehead atoms. The summed E-state index contributed by atoms with van der Waals surface area (Å²) in [6.45, 7) is 7.58. The van der Waals surface area contributed by atoms with Crippen LogP contribution in [0.3, 0.4) is 0 Å². The molecule has 8 nitrogen and oxygen atoms in total. The first-order chi connectivity index (χ1) is 24.3. The van der Waals surface area contributed by atoms with E-state index in [1.807, 2.05) is 10.8 Å². The van der Waals surface area contributed by atoms with Gasteiger partial charge in [0.2, 0.25) is 0 Å². The number of aliphatic hydroxyl groups is 3. The number of carboxylic acids is 1. The third-order valence-corrected chi connectivity index (χ3v) is 10.3. The Morgan fingerprint density at radius 3 is 1.34 bits per heavy atom. The fourth-order valence-electron chi connectivity index (χ4n) is 7.11. The quantitative estimate of drug-likeness (QED) is 0.0509. The summed E-state index contributed by atoms with van der Waals surface area (Å²) in [5.74, 6) is -0.965. The molecule has 0 saturated carbocycles. The Kier molecular flexibility index (Phi) is 30.0. The van der Waals surface area contributed by atoms with Crippen LogP contribution in [0.2, 0.25) is 0 Å². The molecule has 0 saturated heterocycles. The Morgan fingerprint density at radius 2 is 0.960 bits per heavy atom. The van der Waals surface area contributed by atoms with Crippen LogP contribution in [0.4, 0.5) is 0 Å². The van der Waals surface area contributed by atoms with Gasteiger partial charge in [-0.1, -0.05) is 175 Å². The van der Waals surface area contributed by atoms with Crippen LogP contribution < -0.4 is 0 Å². The van der Waals surface area contributed by atoms with Gasteiger partial charge in [0.15, 0.2) is 0 Å². The molecule has 1 aromatic rings. The lowest BCUT2D eigenvalue weighted by molar-refractivity contribution is -0.144. The summed E-state index contributed by atoms with van der Waals surface area (Å²) in [6, 6.07) is -0.901. The minimum absolute atomic E-state index is 0.186. The smallest absolute Gasteiger partial charge is 0.321 e. The van der Waals surface area contributed by atoms with Crippen LogP contribution in [0, 0.1) is 0 Å². The first-order valence-electron chi connectivity index (χ1n) is 21.3. The predicted octanol–water partition coefficient (Wildman–Crippen LogP) is 9.86. The summed E-state index contributed by atoms with van der Waals surface area (Å²) in [5, 5.41) is 43.1. The molecule has 0 spiro atoms. The zero-order chi connectivity index (χ0) is 36.7. The normalized spacial score (nSPS) is 14.3. The van der Waals surface area contributed by atoms with Gasteiger partial charge in [-0.3, -0.25) is 9.69 Å². The molecule has 0 radical (unpaired) electrons. The number of aliphatic carboxylic acids is 1. The van der Waals surface area contributed by atoms with Crippen molar-refractivity contribution in [3.8, 4) is 0 Å². The number of hydrogen-bond acceptors (Lipinski definition) is 6.